The first-order chi connectivity index (χ1) is 17.2. The minimum atomic E-state index is -5.08. The van der Waals surface area contributed by atoms with Crippen molar-refractivity contribution in [3.8, 4) is 17.3 Å². The predicted molar refractivity (Wildman–Crippen MR) is 123 cm³/mol. The normalized spacial score (nSPS) is 22.9. The number of fused-ring (bicyclic) bond motifs is 3. The molecule has 196 valence electrons. The third kappa shape index (κ3) is 4.94. The summed E-state index contributed by atoms with van der Waals surface area (Å²) in [6.07, 6.45) is 1.50. The van der Waals surface area contributed by atoms with Crippen molar-refractivity contribution < 1.29 is 31.5 Å². The van der Waals surface area contributed by atoms with E-state index < -0.39 is 27.7 Å². The van der Waals surface area contributed by atoms with Gasteiger partial charge in [0.1, 0.15) is 6.33 Å². The molecule has 37 heavy (non-hydrogen) atoms. The second-order valence-corrected chi connectivity index (χ2v) is 11.0. The predicted octanol–water partition coefficient (Wildman–Crippen LogP) is 2.82. The summed E-state index contributed by atoms with van der Waals surface area (Å²) < 4.78 is 62.6. The highest BCUT2D eigenvalue weighted by Gasteiger charge is 2.59. The average molecular weight is 538 g/mol. The van der Waals surface area contributed by atoms with Gasteiger partial charge in [-0.25, -0.2) is 32.4 Å². The molecule has 3 fully saturated rings. The summed E-state index contributed by atoms with van der Waals surface area (Å²) in [5.74, 6) is -2.51. The van der Waals surface area contributed by atoms with E-state index in [0.717, 1.165) is 24.8 Å². The fraction of sp³-hybridized carbons (Fsp3) is 0.409. The molecule has 0 radical (unpaired) electrons. The maximum Gasteiger partial charge on any atom is 0.490 e. The number of carboxylic acid groups (broad SMARTS) is 1. The van der Waals surface area contributed by atoms with Crippen molar-refractivity contribution in [3.63, 3.8) is 0 Å². The van der Waals surface area contributed by atoms with E-state index in [9.17, 15) is 26.9 Å². The summed E-state index contributed by atoms with van der Waals surface area (Å²) >= 11 is 0. The molecule has 3 aliphatic carbocycles. The average Bonchev–Trinajstić information content (AvgIpc) is 3.23. The molecule has 2 heterocycles. The molecule has 3 aromatic rings. The Morgan fingerprint density at radius 2 is 1.95 bits per heavy atom. The number of nitrogens with zero attached hydrogens (tertiary/aromatic N) is 5. The lowest BCUT2D eigenvalue weighted by Gasteiger charge is -2.57. The van der Waals surface area contributed by atoms with Gasteiger partial charge < -0.3 is 10.8 Å². The fourth-order valence-electron chi connectivity index (χ4n) is 5.03. The third-order valence-corrected chi connectivity index (χ3v) is 8.20. The first kappa shape index (κ1) is 26.3. The maximum absolute atomic E-state index is 13.2. The number of nitrogens with one attached hydrogen (secondary N) is 1. The molecule has 0 aliphatic heterocycles. The van der Waals surface area contributed by atoms with E-state index >= 15 is 0 Å². The minimum absolute atomic E-state index is 0.175. The number of sulfonamides is 1. The maximum atomic E-state index is 13.2. The molecule has 11 nitrogen and oxygen atoms in total. The number of imidazole rings is 1. The Morgan fingerprint density at radius 1 is 1.27 bits per heavy atom. The van der Waals surface area contributed by atoms with Gasteiger partial charge in [0.05, 0.1) is 28.3 Å². The van der Waals surface area contributed by atoms with Crippen molar-refractivity contribution in [2.45, 2.75) is 55.6 Å². The molecule has 4 N–H and O–H groups in total. The molecule has 0 saturated heterocycles. The van der Waals surface area contributed by atoms with Crippen LogP contribution < -0.4 is 10.5 Å². The van der Waals surface area contributed by atoms with Crippen LogP contribution in [0.15, 0.2) is 35.6 Å². The molecule has 3 saturated carbocycles. The summed E-state index contributed by atoms with van der Waals surface area (Å²) in [6.45, 7) is 1.90. The lowest BCUT2D eigenvalue weighted by Crippen LogP contribution is -2.64. The van der Waals surface area contributed by atoms with Crippen LogP contribution in [0.2, 0.25) is 0 Å². The van der Waals surface area contributed by atoms with Crippen LogP contribution in [0.25, 0.3) is 16.9 Å². The molecular weight excluding hydrogens is 515 g/mol. The number of carboxylic acids is 1. The molecule has 3 aliphatic rings. The van der Waals surface area contributed by atoms with Gasteiger partial charge in [-0.05, 0) is 56.7 Å². The molecule has 0 unspecified atom stereocenters. The van der Waals surface area contributed by atoms with Gasteiger partial charge in [0, 0.05) is 11.1 Å². The quantitative estimate of drug-likeness (QED) is 0.452. The van der Waals surface area contributed by atoms with Crippen molar-refractivity contribution in [2.24, 2.45) is 5.41 Å². The Hall–Kier alpha value is -3.77. The Labute approximate surface area is 209 Å². The van der Waals surface area contributed by atoms with Crippen molar-refractivity contribution >= 4 is 27.5 Å². The van der Waals surface area contributed by atoms with Crippen molar-refractivity contribution in [1.82, 2.24) is 24.3 Å². The highest BCUT2D eigenvalue weighted by atomic mass is 32.2. The lowest BCUT2D eigenvalue weighted by molar-refractivity contribution is -0.192. The topological polar surface area (TPSA) is 176 Å². The second-order valence-electron chi connectivity index (χ2n) is 9.29. The number of hydrogen-bond donors (Lipinski definition) is 3. The molecule has 0 amide bonds. The monoisotopic (exact) mass is 537 g/mol. The number of alkyl halides is 3. The number of hydrogen-bond acceptors (Lipinski definition) is 8. The molecule has 1 aromatic carbocycles. The highest BCUT2D eigenvalue weighted by molar-refractivity contribution is 7.89. The van der Waals surface area contributed by atoms with Crippen LogP contribution in [0.4, 0.5) is 19.0 Å². The van der Waals surface area contributed by atoms with E-state index in [0.29, 0.717) is 29.7 Å². The van der Waals surface area contributed by atoms with Crippen molar-refractivity contribution in [1.29, 1.82) is 5.26 Å². The van der Waals surface area contributed by atoms with Gasteiger partial charge in [0.25, 0.3) is 0 Å². The molecule has 0 spiro atoms. The first-order valence-electron chi connectivity index (χ1n) is 11.0. The SMILES string of the molecule is Cc1ccc(S(=O)(=O)NC23CCCC(C#N)(C2)C3)cc1-c1cnc2c(N)ncnn12.O=C(O)C(F)(F)F. The summed E-state index contributed by atoms with van der Waals surface area (Å²) in [5, 5.41) is 20.8. The zero-order chi connectivity index (χ0) is 27.2. The number of anilines is 1. The molecule has 2 aromatic heterocycles. The molecule has 15 heteroatoms. The van der Waals surface area contributed by atoms with Crippen LogP contribution in [-0.4, -0.2) is 50.8 Å². The van der Waals surface area contributed by atoms with Crippen LogP contribution in [0.3, 0.4) is 0 Å². The van der Waals surface area contributed by atoms with Gasteiger partial charge in [-0.2, -0.15) is 23.5 Å². The number of nitrogens with two attached hydrogens (primary N) is 1. The third-order valence-electron chi connectivity index (χ3n) is 6.62. The largest absolute Gasteiger partial charge is 0.490 e. The molecule has 2 bridgehead atoms. The van der Waals surface area contributed by atoms with Gasteiger partial charge in [-0.1, -0.05) is 6.07 Å². The van der Waals surface area contributed by atoms with Crippen molar-refractivity contribution in [2.75, 3.05) is 5.73 Å². The number of aryl methyl sites for hydroxylation is 1. The van der Waals surface area contributed by atoms with Gasteiger partial charge in [-0.15, -0.1) is 0 Å². The zero-order valence-corrected chi connectivity index (χ0v) is 20.3. The van der Waals surface area contributed by atoms with E-state index in [1.165, 1.54) is 6.33 Å². The number of nitrogen functional groups attached to an aromatic ring is 1. The minimum Gasteiger partial charge on any atom is -0.475 e. The van der Waals surface area contributed by atoms with Gasteiger partial charge >= 0.3 is 12.1 Å². The Bertz CT molecular complexity index is 1520. The van der Waals surface area contributed by atoms with E-state index in [-0.39, 0.29) is 16.1 Å². The number of carbonyl (C=O) groups is 1. The molecular formula is C22H22F3N7O4S. The number of benzene rings is 1. The smallest absolute Gasteiger partial charge is 0.475 e. The Balaban J connectivity index is 0.000000405. The number of aromatic nitrogens is 4. The number of rotatable bonds is 4. The van der Waals surface area contributed by atoms with Crippen LogP contribution in [0.5, 0.6) is 0 Å². The van der Waals surface area contributed by atoms with E-state index in [4.69, 9.17) is 15.6 Å². The van der Waals surface area contributed by atoms with E-state index in [1.807, 2.05) is 6.92 Å². The molecule has 6 rings (SSSR count). The molecule has 0 atom stereocenters. The summed E-state index contributed by atoms with van der Waals surface area (Å²) in [4.78, 5) is 17.3. The fourth-order valence-corrected chi connectivity index (χ4v) is 6.48. The van der Waals surface area contributed by atoms with E-state index in [2.05, 4.69) is 25.9 Å². The van der Waals surface area contributed by atoms with Crippen molar-refractivity contribution in [3.05, 3.63) is 36.3 Å². The Kier molecular flexibility index (Phi) is 6.37. The number of nitriles is 1. The van der Waals surface area contributed by atoms with Crippen LogP contribution in [0, 0.1) is 23.7 Å². The van der Waals surface area contributed by atoms with Crippen LogP contribution in [0.1, 0.15) is 37.7 Å². The lowest BCUT2D eigenvalue weighted by atomic mass is 9.51. The Morgan fingerprint density at radius 3 is 2.57 bits per heavy atom. The first-order valence-corrected chi connectivity index (χ1v) is 12.5. The highest BCUT2D eigenvalue weighted by Crippen LogP contribution is 2.58. The summed E-state index contributed by atoms with van der Waals surface area (Å²) in [5.41, 5.74) is 7.63. The van der Waals surface area contributed by atoms with Gasteiger partial charge in [0.2, 0.25) is 10.0 Å². The number of halogens is 3. The summed E-state index contributed by atoms with van der Waals surface area (Å²) in [6, 6.07) is 7.39. The zero-order valence-electron chi connectivity index (χ0n) is 19.4. The van der Waals surface area contributed by atoms with E-state index in [1.54, 1.807) is 28.9 Å². The second kappa shape index (κ2) is 8.96. The summed E-state index contributed by atoms with van der Waals surface area (Å²) in [7, 11) is -3.75. The van der Waals surface area contributed by atoms with Crippen LogP contribution in [-0.2, 0) is 14.8 Å². The standard InChI is InChI=1S/C20H21N7O2S.C2HF3O2/c1-13-3-4-14(7-15(13)16-8-23-18-17(22)24-12-25-27(16)18)30(28,29)26-20-6-2-5-19(9-20,10-20)11-21;3-2(4,5)1(6)7/h3-4,7-8,12,26H,2,5-6,9-10H2,1H3,(H2,22,24,25);(H,6,7). The van der Waals surface area contributed by atoms with Crippen LogP contribution >= 0.6 is 0 Å². The van der Waals surface area contributed by atoms with Gasteiger partial charge in [-0.3, -0.25) is 0 Å². The van der Waals surface area contributed by atoms with Gasteiger partial charge in [0.15, 0.2) is 11.5 Å². The number of aliphatic carboxylic acids is 1.